The van der Waals surface area contributed by atoms with Crippen LogP contribution in [0.1, 0.15) is 196 Å². The van der Waals surface area contributed by atoms with E-state index < -0.39 is 0 Å². The first-order valence-corrected chi connectivity index (χ1v) is 21.4. The van der Waals surface area contributed by atoms with Crippen molar-refractivity contribution in [3.05, 3.63) is 36.0 Å². The molecule has 3 fully saturated rings. The molecule has 0 aromatic rings. The minimum absolute atomic E-state index is 0.0485. The van der Waals surface area contributed by atoms with Crippen LogP contribution in [0.5, 0.6) is 0 Å². The highest BCUT2D eigenvalue weighted by Crippen LogP contribution is 2.67. The molecule has 48 heavy (non-hydrogen) atoms. The molecular formula is C46H78O2. The Morgan fingerprint density at radius 2 is 1.52 bits per heavy atom. The van der Waals surface area contributed by atoms with Crippen LogP contribution in [0, 0.1) is 46.3 Å². The lowest BCUT2D eigenvalue weighted by Crippen LogP contribution is -2.51. The highest BCUT2D eigenvalue weighted by atomic mass is 16.5. The number of unbranched alkanes of at least 4 members (excludes halogenated alkanes) is 9. The second-order valence-electron chi connectivity index (χ2n) is 18.0. The van der Waals surface area contributed by atoms with Crippen molar-refractivity contribution in [1.82, 2.24) is 0 Å². The van der Waals surface area contributed by atoms with Crippen molar-refractivity contribution in [3.8, 4) is 0 Å². The van der Waals surface area contributed by atoms with Gasteiger partial charge in [0.1, 0.15) is 6.10 Å². The molecule has 8 atom stereocenters. The standard InChI is InChI=1S/C46H78O2/c1-7-8-9-10-11-12-13-14-15-16-17-18-19-20-21-26-44(47)48-39-31-33-45(5)38(35-39)27-28-40-42-30-29-41(46(42,6)34-32-43(40)45)37(4)25-23-22-24-36(2)3/h11-12,14-15,27,36-37,39-43H,7-10,13,16-26,28-35H2,1-6H3/b12-11-,15-14-/t37?,39?,40?,41-,42?,43+,45?,46?/m1/s1. The van der Waals surface area contributed by atoms with Crippen LogP contribution in [0.2, 0.25) is 0 Å². The molecule has 0 amide bonds. The molecule has 0 aromatic heterocycles. The number of fused-ring (bicyclic) bond motifs is 5. The van der Waals surface area contributed by atoms with Gasteiger partial charge in [-0.1, -0.05) is 135 Å². The average molecular weight is 663 g/mol. The van der Waals surface area contributed by atoms with Crippen molar-refractivity contribution in [2.24, 2.45) is 46.3 Å². The van der Waals surface area contributed by atoms with Gasteiger partial charge in [-0.15, -0.1) is 0 Å². The Bertz CT molecular complexity index is 1030. The Morgan fingerprint density at radius 3 is 2.27 bits per heavy atom. The second kappa shape index (κ2) is 19.9. The van der Waals surface area contributed by atoms with Gasteiger partial charge in [0.05, 0.1) is 0 Å². The molecular weight excluding hydrogens is 585 g/mol. The van der Waals surface area contributed by atoms with E-state index in [0.717, 1.165) is 67.6 Å². The summed E-state index contributed by atoms with van der Waals surface area (Å²) < 4.78 is 6.13. The third-order valence-electron chi connectivity index (χ3n) is 14.1. The Labute approximate surface area is 298 Å². The Balaban J connectivity index is 1.13. The molecule has 0 saturated heterocycles. The van der Waals surface area contributed by atoms with E-state index in [9.17, 15) is 4.79 Å². The van der Waals surface area contributed by atoms with Gasteiger partial charge in [-0.2, -0.15) is 0 Å². The van der Waals surface area contributed by atoms with Crippen molar-refractivity contribution in [3.63, 3.8) is 0 Å². The van der Waals surface area contributed by atoms with E-state index in [-0.39, 0.29) is 12.1 Å². The van der Waals surface area contributed by atoms with Gasteiger partial charge in [-0.3, -0.25) is 4.79 Å². The normalized spacial score (nSPS) is 32.3. The largest absolute Gasteiger partial charge is 0.462 e. The molecule has 2 heteroatoms. The van der Waals surface area contributed by atoms with E-state index in [4.69, 9.17) is 4.74 Å². The molecule has 4 aliphatic carbocycles. The van der Waals surface area contributed by atoms with E-state index in [1.807, 2.05) is 0 Å². The van der Waals surface area contributed by atoms with Crippen molar-refractivity contribution in [1.29, 1.82) is 0 Å². The van der Waals surface area contributed by atoms with Crippen molar-refractivity contribution in [2.45, 2.75) is 202 Å². The summed E-state index contributed by atoms with van der Waals surface area (Å²) in [7, 11) is 0. The topological polar surface area (TPSA) is 26.3 Å². The number of rotatable bonds is 21. The van der Waals surface area contributed by atoms with Crippen molar-refractivity contribution in [2.75, 3.05) is 0 Å². The SMILES string of the molecule is CCCCC/C=C\C/C=C\CCCCCCCC(=O)OC1CCC2(C)C(=CCC3C4CC[C@H](C(C)CCCCC(C)C)C4(C)CC[C@@H]32)C1. The molecule has 6 unspecified atom stereocenters. The van der Waals surface area contributed by atoms with Crippen LogP contribution < -0.4 is 0 Å². The fourth-order valence-corrected chi connectivity index (χ4v) is 11.2. The van der Waals surface area contributed by atoms with Crippen LogP contribution >= 0.6 is 0 Å². The van der Waals surface area contributed by atoms with Gasteiger partial charge in [0, 0.05) is 12.8 Å². The second-order valence-corrected chi connectivity index (χ2v) is 18.0. The minimum Gasteiger partial charge on any atom is -0.462 e. The zero-order valence-electron chi connectivity index (χ0n) is 32.7. The first-order valence-electron chi connectivity index (χ1n) is 21.4. The van der Waals surface area contributed by atoms with Crippen LogP contribution in [0.15, 0.2) is 36.0 Å². The van der Waals surface area contributed by atoms with Gasteiger partial charge in [0.25, 0.3) is 0 Å². The summed E-state index contributed by atoms with van der Waals surface area (Å²) in [4.78, 5) is 12.8. The van der Waals surface area contributed by atoms with Gasteiger partial charge in [-0.05, 0) is 130 Å². The number of ether oxygens (including phenoxy) is 1. The Hall–Kier alpha value is -1.31. The van der Waals surface area contributed by atoms with Crippen molar-refractivity contribution >= 4 is 5.97 Å². The monoisotopic (exact) mass is 663 g/mol. The highest BCUT2D eigenvalue weighted by molar-refractivity contribution is 5.69. The van der Waals surface area contributed by atoms with Gasteiger partial charge in [0.2, 0.25) is 0 Å². The lowest BCUT2D eigenvalue weighted by atomic mass is 9.47. The number of hydrogen-bond donors (Lipinski definition) is 0. The third-order valence-corrected chi connectivity index (χ3v) is 14.1. The number of hydrogen-bond acceptors (Lipinski definition) is 2. The number of carbonyl (C=O) groups is 1. The molecule has 0 aliphatic heterocycles. The summed E-state index contributed by atoms with van der Waals surface area (Å²) in [5.74, 6) is 5.31. The Kier molecular flexibility index (Phi) is 16.4. The van der Waals surface area contributed by atoms with Crippen LogP contribution in [-0.2, 0) is 9.53 Å². The molecule has 4 aliphatic rings. The maximum Gasteiger partial charge on any atom is 0.306 e. The molecule has 0 bridgehead atoms. The maximum atomic E-state index is 12.8. The molecule has 0 aromatic carbocycles. The summed E-state index contributed by atoms with van der Waals surface area (Å²) in [5, 5.41) is 0. The fraction of sp³-hybridized carbons (Fsp3) is 0.848. The number of allylic oxidation sites excluding steroid dienone is 5. The zero-order chi connectivity index (χ0) is 34.4. The first-order chi connectivity index (χ1) is 23.2. The lowest BCUT2D eigenvalue weighted by Gasteiger charge is -2.58. The summed E-state index contributed by atoms with van der Waals surface area (Å²) in [6.07, 6.45) is 42.0. The average Bonchev–Trinajstić information content (AvgIpc) is 3.42. The molecule has 3 saturated carbocycles. The van der Waals surface area contributed by atoms with Gasteiger partial charge < -0.3 is 4.74 Å². The van der Waals surface area contributed by atoms with Crippen LogP contribution in [0.25, 0.3) is 0 Å². The molecule has 0 radical (unpaired) electrons. The molecule has 0 N–H and O–H groups in total. The number of carbonyl (C=O) groups excluding carboxylic acids is 1. The van der Waals surface area contributed by atoms with Crippen molar-refractivity contribution < 1.29 is 9.53 Å². The summed E-state index contributed by atoms with van der Waals surface area (Å²) >= 11 is 0. The molecule has 274 valence electrons. The summed E-state index contributed by atoms with van der Waals surface area (Å²) in [6, 6.07) is 0. The van der Waals surface area contributed by atoms with E-state index in [2.05, 4.69) is 71.9 Å². The molecule has 2 nitrogen and oxygen atoms in total. The van der Waals surface area contributed by atoms with E-state index in [1.165, 1.54) is 116 Å². The molecule has 4 rings (SSSR count). The summed E-state index contributed by atoms with van der Waals surface area (Å²) in [6.45, 7) is 14.9. The quantitative estimate of drug-likeness (QED) is 0.0694. The van der Waals surface area contributed by atoms with Gasteiger partial charge in [-0.25, -0.2) is 0 Å². The van der Waals surface area contributed by atoms with E-state index >= 15 is 0 Å². The third kappa shape index (κ3) is 10.8. The predicted molar refractivity (Wildman–Crippen MR) is 207 cm³/mol. The maximum absolute atomic E-state index is 12.8. The van der Waals surface area contributed by atoms with Crippen LogP contribution in [0.4, 0.5) is 0 Å². The first kappa shape index (κ1) is 39.5. The lowest BCUT2D eigenvalue weighted by molar-refractivity contribution is -0.151. The highest BCUT2D eigenvalue weighted by Gasteiger charge is 2.59. The predicted octanol–water partition coefficient (Wildman–Crippen LogP) is 14.1. The molecule has 0 spiro atoms. The van der Waals surface area contributed by atoms with Gasteiger partial charge >= 0.3 is 5.97 Å². The smallest absolute Gasteiger partial charge is 0.306 e. The van der Waals surface area contributed by atoms with E-state index in [0.29, 0.717) is 17.3 Å². The van der Waals surface area contributed by atoms with Crippen LogP contribution in [-0.4, -0.2) is 12.1 Å². The van der Waals surface area contributed by atoms with E-state index in [1.54, 1.807) is 5.57 Å². The Morgan fingerprint density at radius 1 is 0.812 bits per heavy atom. The number of esters is 1. The summed E-state index contributed by atoms with van der Waals surface area (Å²) in [5.41, 5.74) is 2.52. The zero-order valence-corrected chi connectivity index (χ0v) is 32.7. The van der Waals surface area contributed by atoms with Gasteiger partial charge in [0.15, 0.2) is 0 Å². The molecule has 0 heterocycles. The van der Waals surface area contributed by atoms with Crippen LogP contribution in [0.3, 0.4) is 0 Å². The minimum atomic E-state index is 0.0485. The fourth-order valence-electron chi connectivity index (χ4n) is 11.2.